The fourth-order valence-electron chi connectivity index (χ4n) is 3.18. The number of alkyl halides is 2. The van der Waals surface area contributed by atoms with Gasteiger partial charge in [0.05, 0.1) is 23.9 Å². The zero-order valence-electron chi connectivity index (χ0n) is 14.4. The Labute approximate surface area is 158 Å². The fourth-order valence-corrected chi connectivity index (χ4v) is 4.10. The van der Waals surface area contributed by atoms with Crippen LogP contribution in [-0.2, 0) is 9.59 Å². The zero-order chi connectivity index (χ0) is 19.6. The number of fused-ring (bicyclic) bond motifs is 1. The van der Waals surface area contributed by atoms with Gasteiger partial charge in [0.2, 0.25) is 5.91 Å². The summed E-state index contributed by atoms with van der Waals surface area (Å²) in [5.41, 5.74) is 0.710. The highest BCUT2D eigenvalue weighted by molar-refractivity contribution is 8.00. The van der Waals surface area contributed by atoms with Gasteiger partial charge in [0.15, 0.2) is 0 Å². The van der Waals surface area contributed by atoms with Crippen molar-refractivity contribution in [1.82, 2.24) is 4.90 Å². The van der Waals surface area contributed by atoms with Gasteiger partial charge in [-0.1, -0.05) is 0 Å². The molecule has 27 heavy (non-hydrogen) atoms. The number of hydrogen-bond donors (Lipinski definition) is 2. The van der Waals surface area contributed by atoms with E-state index in [1.54, 1.807) is 12.1 Å². The molecule has 10 heteroatoms. The second kappa shape index (κ2) is 8.12. The van der Waals surface area contributed by atoms with Gasteiger partial charge >= 0.3 is 12.0 Å². The second-order valence-electron chi connectivity index (χ2n) is 6.42. The lowest BCUT2D eigenvalue weighted by molar-refractivity contribution is -0.143. The van der Waals surface area contributed by atoms with E-state index in [0.717, 1.165) is 4.90 Å². The Morgan fingerprint density at radius 1 is 1.37 bits per heavy atom. The summed E-state index contributed by atoms with van der Waals surface area (Å²) in [6, 6.07) is 4.37. The van der Waals surface area contributed by atoms with Crippen LogP contribution >= 0.6 is 11.8 Å². The Hall–Kier alpha value is -2.36. The molecule has 2 aliphatic rings. The summed E-state index contributed by atoms with van der Waals surface area (Å²) >= 11 is 1.26. The lowest BCUT2D eigenvalue weighted by Crippen LogP contribution is -2.44. The molecule has 0 bridgehead atoms. The number of carboxylic acids is 1. The standard InChI is InChI=1S/C17H19F2N3O4S/c18-14(19)8-22-12-6-11(3-4-13(12)27-9-15(22)23)20-17(26)21-5-1-2-10(7-21)16(24)25/h3-4,6,10,14H,1-2,5,7-9H2,(H,20,26)(H,24,25). The predicted octanol–water partition coefficient (Wildman–Crippen LogP) is 2.72. The average Bonchev–Trinajstić information content (AvgIpc) is 2.64. The molecule has 7 nitrogen and oxygen atoms in total. The number of urea groups is 1. The van der Waals surface area contributed by atoms with Gasteiger partial charge in [-0.25, -0.2) is 13.6 Å². The van der Waals surface area contributed by atoms with Gasteiger partial charge in [-0.15, -0.1) is 11.8 Å². The van der Waals surface area contributed by atoms with Gasteiger partial charge in [-0.3, -0.25) is 9.59 Å². The molecule has 0 radical (unpaired) electrons. The first-order valence-corrected chi connectivity index (χ1v) is 9.48. The van der Waals surface area contributed by atoms with Gasteiger partial charge in [-0.05, 0) is 31.0 Å². The van der Waals surface area contributed by atoms with Crippen LogP contribution in [0.2, 0.25) is 0 Å². The highest BCUT2D eigenvalue weighted by Crippen LogP contribution is 2.37. The molecule has 2 heterocycles. The number of nitrogens with zero attached hydrogens (tertiary/aromatic N) is 2. The molecule has 1 unspecified atom stereocenters. The van der Waals surface area contributed by atoms with E-state index in [-0.39, 0.29) is 12.3 Å². The van der Waals surface area contributed by atoms with Crippen molar-refractivity contribution in [3.63, 3.8) is 0 Å². The summed E-state index contributed by atoms with van der Waals surface area (Å²) in [7, 11) is 0. The molecule has 3 rings (SSSR count). The molecule has 2 aliphatic heterocycles. The number of rotatable bonds is 4. The van der Waals surface area contributed by atoms with Crippen molar-refractivity contribution in [2.75, 3.05) is 35.6 Å². The van der Waals surface area contributed by atoms with E-state index in [1.807, 2.05) is 0 Å². The third-order valence-electron chi connectivity index (χ3n) is 4.53. The molecule has 1 saturated heterocycles. The van der Waals surface area contributed by atoms with Crippen molar-refractivity contribution in [1.29, 1.82) is 0 Å². The number of benzene rings is 1. The Morgan fingerprint density at radius 2 is 2.15 bits per heavy atom. The third kappa shape index (κ3) is 4.49. The molecule has 3 amide bonds. The largest absolute Gasteiger partial charge is 0.481 e. The number of carboxylic acid groups (broad SMARTS) is 1. The number of anilines is 2. The van der Waals surface area contributed by atoms with Crippen LogP contribution in [0.15, 0.2) is 23.1 Å². The number of hydrogen-bond acceptors (Lipinski definition) is 4. The van der Waals surface area contributed by atoms with Crippen molar-refractivity contribution < 1.29 is 28.3 Å². The van der Waals surface area contributed by atoms with E-state index in [0.29, 0.717) is 35.7 Å². The number of nitrogens with one attached hydrogen (secondary N) is 1. The van der Waals surface area contributed by atoms with E-state index in [2.05, 4.69) is 5.32 Å². The third-order valence-corrected chi connectivity index (χ3v) is 5.58. The minimum Gasteiger partial charge on any atom is -0.481 e. The molecule has 0 aromatic heterocycles. The summed E-state index contributed by atoms with van der Waals surface area (Å²) in [6.07, 6.45) is -1.54. The van der Waals surface area contributed by atoms with Crippen molar-refractivity contribution in [2.45, 2.75) is 24.2 Å². The van der Waals surface area contributed by atoms with E-state index in [1.165, 1.54) is 22.7 Å². The van der Waals surface area contributed by atoms with E-state index >= 15 is 0 Å². The molecule has 146 valence electrons. The van der Waals surface area contributed by atoms with Crippen LogP contribution in [0.25, 0.3) is 0 Å². The van der Waals surface area contributed by atoms with Crippen LogP contribution < -0.4 is 10.2 Å². The first-order valence-electron chi connectivity index (χ1n) is 8.49. The van der Waals surface area contributed by atoms with Crippen molar-refractivity contribution >= 4 is 41.0 Å². The smallest absolute Gasteiger partial charge is 0.321 e. The summed E-state index contributed by atoms with van der Waals surface area (Å²) in [6.45, 7) is -0.124. The molecular formula is C17H19F2N3O4S. The minimum absolute atomic E-state index is 0.0930. The Kier molecular flexibility index (Phi) is 5.83. The molecule has 2 N–H and O–H groups in total. The SMILES string of the molecule is O=C(O)C1CCCN(C(=O)Nc2ccc3c(c2)N(CC(F)F)C(=O)CS3)C1. The second-order valence-corrected chi connectivity index (χ2v) is 7.44. The number of amides is 3. The quantitative estimate of drug-likeness (QED) is 0.813. The normalized spacial score (nSPS) is 19.8. The number of likely N-dealkylation sites (tertiary alicyclic amines) is 1. The van der Waals surface area contributed by atoms with Crippen LogP contribution in [0.4, 0.5) is 25.0 Å². The van der Waals surface area contributed by atoms with Crippen LogP contribution in [0, 0.1) is 5.92 Å². The van der Waals surface area contributed by atoms with Crippen LogP contribution in [0.1, 0.15) is 12.8 Å². The zero-order valence-corrected chi connectivity index (χ0v) is 15.2. The molecule has 1 atom stereocenters. The highest BCUT2D eigenvalue weighted by Gasteiger charge is 2.30. The summed E-state index contributed by atoms with van der Waals surface area (Å²) in [4.78, 5) is 38.7. The monoisotopic (exact) mass is 399 g/mol. The van der Waals surface area contributed by atoms with E-state index in [4.69, 9.17) is 5.11 Å². The van der Waals surface area contributed by atoms with E-state index in [9.17, 15) is 23.2 Å². The number of aliphatic carboxylic acids is 1. The van der Waals surface area contributed by atoms with Crippen LogP contribution in [0.3, 0.4) is 0 Å². The summed E-state index contributed by atoms with van der Waals surface area (Å²) < 4.78 is 25.6. The summed E-state index contributed by atoms with van der Waals surface area (Å²) in [5, 5.41) is 11.8. The number of carbonyl (C=O) groups excluding carboxylic acids is 2. The van der Waals surface area contributed by atoms with Gasteiger partial charge in [0.1, 0.15) is 0 Å². The molecule has 1 aromatic carbocycles. The van der Waals surface area contributed by atoms with Crippen molar-refractivity contribution in [3.05, 3.63) is 18.2 Å². The molecule has 1 aromatic rings. The molecule has 0 saturated carbocycles. The van der Waals surface area contributed by atoms with E-state index < -0.39 is 36.8 Å². The van der Waals surface area contributed by atoms with Crippen molar-refractivity contribution in [2.24, 2.45) is 5.92 Å². The molecule has 0 spiro atoms. The van der Waals surface area contributed by atoms with Gasteiger partial charge in [0, 0.05) is 23.7 Å². The molecular weight excluding hydrogens is 380 g/mol. The van der Waals surface area contributed by atoms with Crippen LogP contribution in [0.5, 0.6) is 0 Å². The number of piperidine rings is 1. The van der Waals surface area contributed by atoms with Crippen molar-refractivity contribution in [3.8, 4) is 0 Å². The number of carbonyl (C=O) groups is 3. The topological polar surface area (TPSA) is 89.9 Å². The Morgan fingerprint density at radius 3 is 2.85 bits per heavy atom. The Balaban J connectivity index is 1.74. The maximum Gasteiger partial charge on any atom is 0.321 e. The maximum atomic E-state index is 12.8. The first-order chi connectivity index (χ1) is 12.8. The Bertz CT molecular complexity index is 762. The maximum absolute atomic E-state index is 12.8. The first kappa shape index (κ1) is 19.4. The lowest BCUT2D eigenvalue weighted by atomic mass is 9.99. The molecule has 1 fully saturated rings. The lowest BCUT2D eigenvalue weighted by Gasteiger charge is -2.31. The van der Waals surface area contributed by atoms with Gasteiger partial charge in [0.25, 0.3) is 6.43 Å². The summed E-state index contributed by atoms with van der Waals surface area (Å²) in [5.74, 6) is -1.84. The molecule has 0 aliphatic carbocycles. The minimum atomic E-state index is -2.66. The number of halogens is 2. The predicted molar refractivity (Wildman–Crippen MR) is 96.5 cm³/mol. The number of thioether (sulfide) groups is 1. The van der Waals surface area contributed by atoms with Gasteiger partial charge < -0.3 is 20.2 Å². The van der Waals surface area contributed by atoms with Crippen LogP contribution in [-0.4, -0.2) is 59.7 Å². The highest BCUT2D eigenvalue weighted by atomic mass is 32.2. The van der Waals surface area contributed by atoms with Gasteiger partial charge in [-0.2, -0.15) is 0 Å². The average molecular weight is 399 g/mol. The fraction of sp³-hybridized carbons (Fsp3) is 0.471.